The molecule has 0 aliphatic rings. The van der Waals surface area contributed by atoms with Crippen molar-refractivity contribution in [2.75, 3.05) is 4.43 Å². The van der Waals surface area contributed by atoms with Crippen molar-refractivity contribution < 1.29 is 55.2 Å². The van der Waals surface area contributed by atoms with Gasteiger partial charge in [-0.25, -0.2) is 0 Å². The van der Waals surface area contributed by atoms with Crippen molar-refractivity contribution >= 4 is 32.6 Å². The fourth-order valence-electron chi connectivity index (χ4n) is 0.438. The molecule has 0 aliphatic carbocycles. The summed E-state index contributed by atoms with van der Waals surface area (Å²) < 4.78 is 110. The molecule has 0 aromatic heterocycles. The van der Waals surface area contributed by atoms with Gasteiger partial charge in [0, 0.05) is 0 Å². The van der Waals surface area contributed by atoms with Crippen LogP contribution in [0.15, 0.2) is 0 Å². The molecule has 0 amide bonds. The molecule has 0 aromatic rings. The Bertz CT molecular complexity index is 342. The van der Waals surface area contributed by atoms with Crippen LogP contribution in [0.1, 0.15) is 0 Å². The quantitative estimate of drug-likeness (QED) is 0.388. The van der Waals surface area contributed by atoms with Crippen LogP contribution in [0.4, 0.5) is 39.5 Å². The third-order valence-corrected chi connectivity index (χ3v) is 4.31. The van der Waals surface area contributed by atoms with E-state index in [4.69, 9.17) is 0 Å². The second kappa shape index (κ2) is 6.21. The Hall–Kier alpha value is -0.960. The first kappa shape index (κ1) is 19.0. The van der Waals surface area contributed by atoms with Crippen LogP contribution in [-0.4, -0.2) is 34.9 Å². The number of halogens is 10. The summed E-state index contributed by atoms with van der Waals surface area (Å²) in [7, 11) is 0. The third-order valence-electron chi connectivity index (χ3n) is 1.04. The van der Waals surface area contributed by atoms with Gasteiger partial charge in [0.25, 0.3) is 0 Å². The molecular formula is C6H2F9IO4. The third kappa shape index (κ3) is 7.59. The molecule has 4 nitrogen and oxygen atoms in total. The molecule has 120 valence electrons. The van der Waals surface area contributed by atoms with E-state index >= 15 is 0 Å². The monoisotopic (exact) mass is 436 g/mol. The van der Waals surface area contributed by atoms with Gasteiger partial charge in [0.05, 0.1) is 0 Å². The molecule has 0 heterocycles. The van der Waals surface area contributed by atoms with Crippen LogP contribution in [0.5, 0.6) is 0 Å². The molecular weight excluding hydrogens is 434 g/mol. The maximum absolute atomic E-state index is 11.9. The second-order valence-corrected chi connectivity index (χ2v) is 6.00. The number of hydrogen-bond donors (Lipinski definition) is 0. The molecule has 0 radical (unpaired) electrons. The summed E-state index contributed by atoms with van der Waals surface area (Å²) in [4.78, 5) is 20.5. The van der Waals surface area contributed by atoms with E-state index in [0.29, 0.717) is 0 Å². The Morgan fingerprint density at radius 1 is 0.750 bits per heavy atom. The van der Waals surface area contributed by atoms with E-state index in [1.165, 1.54) is 0 Å². The summed E-state index contributed by atoms with van der Waals surface area (Å²) in [5.74, 6) is -6.33. The van der Waals surface area contributed by atoms with Crippen molar-refractivity contribution in [3.63, 3.8) is 0 Å². The van der Waals surface area contributed by atoms with Crippen molar-refractivity contribution in [3.8, 4) is 0 Å². The molecule has 0 saturated carbocycles. The summed E-state index contributed by atoms with van der Waals surface area (Å²) in [6.45, 7) is 0. The van der Waals surface area contributed by atoms with Gasteiger partial charge >= 0.3 is 111 Å². The molecule has 14 heteroatoms. The van der Waals surface area contributed by atoms with Crippen LogP contribution in [0.2, 0.25) is 0 Å². The van der Waals surface area contributed by atoms with Crippen molar-refractivity contribution in [3.05, 3.63) is 0 Å². The first-order chi connectivity index (χ1) is 8.63. The molecule has 0 bridgehead atoms. The number of alkyl halides is 10. The van der Waals surface area contributed by atoms with Crippen molar-refractivity contribution in [2.45, 2.75) is 18.5 Å². The fourth-order valence-corrected chi connectivity index (χ4v) is 2.94. The minimum atomic E-state index is -5.73. The number of carbonyl (C=O) groups is 2. The van der Waals surface area contributed by atoms with E-state index in [2.05, 4.69) is 6.13 Å². The maximum atomic E-state index is 11.9. The van der Waals surface area contributed by atoms with Crippen LogP contribution < -0.4 is 0 Å². The Labute approximate surface area is 111 Å². The zero-order chi connectivity index (χ0) is 16.4. The average molecular weight is 436 g/mol. The van der Waals surface area contributed by atoms with Crippen molar-refractivity contribution in [1.29, 1.82) is 0 Å². The topological polar surface area (TPSA) is 52.6 Å². The zero-order valence-electron chi connectivity index (χ0n) is 8.62. The van der Waals surface area contributed by atoms with Crippen LogP contribution in [0, 0.1) is 0 Å². The number of rotatable bonds is 3. The van der Waals surface area contributed by atoms with Gasteiger partial charge in [-0.3, -0.25) is 0 Å². The van der Waals surface area contributed by atoms with Gasteiger partial charge in [-0.1, -0.05) is 0 Å². The van der Waals surface area contributed by atoms with E-state index in [0.717, 1.165) is 0 Å². The molecule has 0 aliphatic heterocycles. The number of carbonyl (C=O) groups excluding carboxylic acids is 2. The van der Waals surface area contributed by atoms with Crippen molar-refractivity contribution in [2.24, 2.45) is 0 Å². The summed E-state index contributed by atoms with van der Waals surface area (Å²) in [6, 6.07) is 0. The van der Waals surface area contributed by atoms with Gasteiger partial charge in [-0.15, -0.1) is 0 Å². The van der Waals surface area contributed by atoms with Gasteiger partial charge in [-0.05, 0) is 0 Å². The Kier molecular flexibility index (Phi) is 5.91. The second-order valence-electron chi connectivity index (χ2n) is 2.75. The van der Waals surface area contributed by atoms with Gasteiger partial charge < -0.3 is 0 Å². The molecule has 20 heavy (non-hydrogen) atoms. The van der Waals surface area contributed by atoms with Gasteiger partial charge in [0.2, 0.25) is 0 Å². The molecule has 0 aromatic carbocycles. The van der Waals surface area contributed by atoms with E-state index in [1.807, 2.05) is 0 Å². The Balaban J connectivity index is 4.93. The molecule has 0 spiro atoms. The van der Waals surface area contributed by atoms with Crippen LogP contribution >= 0.6 is 20.6 Å². The summed E-state index contributed by atoms with van der Waals surface area (Å²) >= 11 is -5.13. The Morgan fingerprint density at radius 3 is 1.25 bits per heavy atom. The summed E-state index contributed by atoms with van der Waals surface area (Å²) in [5.41, 5.74) is 0. The zero-order valence-corrected chi connectivity index (χ0v) is 10.8. The van der Waals surface area contributed by atoms with Crippen LogP contribution in [0.3, 0.4) is 0 Å². The molecule has 0 rings (SSSR count). The minimum absolute atomic E-state index is 2.37. The van der Waals surface area contributed by atoms with E-state index < -0.39 is 55.5 Å². The van der Waals surface area contributed by atoms with Gasteiger partial charge in [-0.2, -0.15) is 0 Å². The standard InChI is InChI=1S/C6H2F9IO4/c7-4(8,9)1-16(19-2(17)5(10,11)12)20-3(18)6(13,14)15/h1H2. The molecule has 0 atom stereocenters. The number of hydrogen-bond acceptors (Lipinski definition) is 4. The molecule has 0 unspecified atom stereocenters. The first-order valence-corrected chi connectivity index (χ1v) is 7.23. The van der Waals surface area contributed by atoms with Gasteiger partial charge in [0.1, 0.15) is 0 Å². The van der Waals surface area contributed by atoms with E-state index in [9.17, 15) is 49.1 Å². The summed E-state index contributed by atoms with van der Waals surface area (Å²) in [6.07, 6.45) is -16.7. The summed E-state index contributed by atoms with van der Waals surface area (Å²) in [5, 5.41) is 0. The van der Waals surface area contributed by atoms with E-state index in [-0.39, 0.29) is 0 Å². The van der Waals surface area contributed by atoms with E-state index in [1.54, 1.807) is 0 Å². The SMILES string of the molecule is O=C(OI(CC(F)(F)F)OC(=O)C(F)(F)F)C(F)(F)F. The predicted octanol–water partition coefficient (Wildman–Crippen LogP) is 3.10. The molecule has 0 saturated heterocycles. The Morgan fingerprint density at radius 2 is 1.05 bits per heavy atom. The van der Waals surface area contributed by atoms with Gasteiger partial charge in [0.15, 0.2) is 0 Å². The fraction of sp³-hybridized carbons (Fsp3) is 0.667. The normalized spacial score (nSPS) is 13.8. The van der Waals surface area contributed by atoms with Crippen LogP contribution in [-0.2, 0) is 15.7 Å². The predicted molar refractivity (Wildman–Crippen MR) is 49.2 cm³/mol. The van der Waals surface area contributed by atoms with Crippen molar-refractivity contribution in [1.82, 2.24) is 0 Å². The molecule has 0 N–H and O–H groups in total. The van der Waals surface area contributed by atoms with Crippen LogP contribution in [0.25, 0.3) is 0 Å². The first-order valence-electron chi connectivity index (χ1n) is 3.95. The average Bonchev–Trinajstić information content (AvgIpc) is 2.11. The molecule has 0 fully saturated rings.